The Hall–Kier alpha value is -2.87. The third-order valence-corrected chi connectivity index (χ3v) is 6.49. The molecule has 3 aromatic carbocycles. The molecule has 0 fully saturated rings. The Balaban J connectivity index is 1.73. The highest BCUT2D eigenvalue weighted by Crippen LogP contribution is 2.31. The molecule has 4 aromatic rings. The van der Waals surface area contributed by atoms with Crippen molar-refractivity contribution in [3.8, 4) is 11.5 Å². The van der Waals surface area contributed by atoms with Gasteiger partial charge in [0.05, 0.1) is 34.3 Å². The summed E-state index contributed by atoms with van der Waals surface area (Å²) in [7, 11) is 1.57. The van der Waals surface area contributed by atoms with E-state index in [0.29, 0.717) is 50.3 Å². The molecular weight excluding hydrogens is 553 g/mol. The highest BCUT2D eigenvalue weighted by molar-refractivity contribution is 9.10. The number of aryl methyl sites for hydroxylation is 1. The molecule has 0 unspecified atom stereocenters. The maximum Gasteiger partial charge on any atom is 0.282 e. The fourth-order valence-electron chi connectivity index (χ4n) is 3.55. The van der Waals surface area contributed by atoms with Crippen molar-refractivity contribution in [3.05, 3.63) is 96.4 Å². The summed E-state index contributed by atoms with van der Waals surface area (Å²) in [4.78, 5) is 18.0. The van der Waals surface area contributed by atoms with Gasteiger partial charge in [-0.3, -0.25) is 4.79 Å². The molecule has 0 radical (unpaired) electrons. The second-order valence-electron chi connectivity index (χ2n) is 7.72. The fraction of sp³-hybridized carbons (Fsp3) is 0.192. The molecule has 0 amide bonds. The van der Waals surface area contributed by atoms with Crippen LogP contribution in [0.4, 0.5) is 0 Å². The molecule has 4 rings (SSSR count). The van der Waals surface area contributed by atoms with Crippen LogP contribution in [0, 0.1) is 0 Å². The average Bonchev–Trinajstić information content (AvgIpc) is 2.85. The lowest BCUT2D eigenvalue weighted by Gasteiger charge is -2.14. The molecule has 0 spiro atoms. The summed E-state index contributed by atoms with van der Waals surface area (Å²) in [6, 6.07) is 16.2. The van der Waals surface area contributed by atoms with Gasteiger partial charge >= 0.3 is 0 Å². The van der Waals surface area contributed by atoms with Crippen molar-refractivity contribution in [2.24, 2.45) is 5.10 Å². The van der Waals surface area contributed by atoms with Crippen molar-refractivity contribution < 1.29 is 9.47 Å². The number of benzene rings is 3. The van der Waals surface area contributed by atoms with Gasteiger partial charge in [0, 0.05) is 16.5 Å². The van der Waals surface area contributed by atoms with Gasteiger partial charge < -0.3 is 9.47 Å². The van der Waals surface area contributed by atoms with Crippen molar-refractivity contribution in [2.75, 3.05) is 7.11 Å². The zero-order valence-corrected chi connectivity index (χ0v) is 22.2. The molecule has 0 saturated heterocycles. The molecule has 0 aliphatic heterocycles. The Bertz CT molecular complexity index is 1470. The number of methoxy groups -OCH3 is 1. The van der Waals surface area contributed by atoms with E-state index in [0.717, 1.165) is 16.5 Å². The maximum atomic E-state index is 13.3. The lowest BCUT2D eigenvalue weighted by molar-refractivity contribution is 0.284. The molecule has 0 N–H and O–H groups in total. The SMILES string of the molecule is CCCc1nc2ccc(Br)cc2c(=O)n1N=Cc1cccc(OC)c1OCc1ccc(Cl)c(Cl)c1. The van der Waals surface area contributed by atoms with Gasteiger partial charge in [0.25, 0.3) is 5.56 Å². The minimum absolute atomic E-state index is 0.239. The van der Waals surface area contributed by atoms with Crippen LogP contribution in [0.1, 0.15) is 30.3 Å². The van der Waals surface area contributed by atoms with Crippen LogP contribution in [-0.2, 0) is 13.0 Å². The van der Waals surface area contributed by atoms with Gasteiger partial charge in [0.15, 0.2) is 11.5 Å². The standard InChI is InChI=1S/C26H22BrCl2N3O3/c1-3-5-24-31-22-11-9-18(27)13-19(22)26(33)32(24)30-14-17-6-4-7-23(34-2)25(17)35-15-16-8-10-20(28)21(29)12-16/h4,6-14H,3,5,15H2,1-2H3. The summed E-state index contributed by atoms with van der Waals surface area (Å²) < 4.78 is 13.7. The third kappa shape index (κ3) is 5.69. The van der Waals surface area contributed by atoms with E-state index in [4.69, 9.17) is 32.7 Å². The minimum Gasteiger partial charge on any atom is -0.493 e. The molecular formula is C26H22BrCl2N3O3. The van der Waals surface area contributed by atoms with Crippen LogP contribution >= 0.6 is 39.1 Å². The Morgan fingerprint density at radius 1 is 1.11 bits per heavy atom. The Morgan fingerprint density at radius 2 is 1.94 bits per heavy atom. The highest BCUT2D eigenvalue weighted by atomic mass is 79.9. The molecule has 9 heteroatoms. The summed E-state index contributed by atoms with van der Waals surface area (Å²) in [6.45, 7) is 2.27. The summed E-state index contributed by atoms with van der Waals surface area (Å²) >= 11 is 15.6. The number of hydrogen-bond acceptors (Lipinski definition) is 5. The minimum atomic E-state index is -0.239. The van der Waals surface area contributed by atoms with E-state index >= 15 is 0 Å². The average molecular weight is 575 g/mol. The van der Waals surface area contributed by atoms with Crippen LogP contribution in [0.2, 0.25) is 10.0 Å². The van der Waals surface area contributed by atoms with Gasteiger partial charge in [0.2, 0.25) is 0 Å². The number of para-hydroxylation sites is 1. The molecule has 0 saturated carbocycles. The molecule has 0 atom stereocenters. The van der Waals surface area contributed by atoms with Crippen LogP contribution in [0.25, 0.3) is 10.9 Å². The van der Waals surface area contributed by atoms with Gasteiger partial charge in [-0.05, 0) is 54.4 Å². The first-order valence-electron chi connectivity index (χ1n) is 10.9. The number of aromatic nitrogens is 2. The molecule has 1 aromatic heterocycles. The zero-order chi connectivity index (χ0) is 24.9. The number of rotatable bonds is 8. The van der Waals surface area contributed by atoms with Gasteiger partial charge in [-0.1, -0.05) is 58.2 Å². The van der Waals surface area contributed by atoms with Crippen LogP contribution in [0.5, 0.6) is 11.5 Å². The lowest BCUT2D eigenvalue weighted by atomic mass is 10.2. The van der Waals surface area contributed by atoms with E-state index in [1.54, 1.807) is 37.6 Å². The van der Waals surface area contributed by atoms with E-state index in [-0.39, 0.29) is 12.2 Å². The Morgan fingerprint density at radius 3 is 2.69 bits per heavy atom. The van der Waals surface area contributed by atoms with Crippen LogP contribution in [0.3, 0.4) is 0 Å². The topological polar surface area (TPSA) is 65.7 Å². The molecule has 0 aliphatic rings. The van der Waals surface area contributed by atoms with Crippen molar-refractivity contribution in [1.29, 1.82) is 0 Å². The van der Waals surface area contributed by atoms with E-state index in [2.05, 4.69) is 26.0 Å². The molecule has 180 valence electrons. The first-order chi connectivity index (χ1) is 16.9. The molecule has 35 heavy (non-hydrogen) atoms. The number of fused-ring (bicyclic) bond motifs is 1. The van der Waals surface area contributed by atoms with Gasteiger partial charge in [0.1, 0.15) is 12.4 Å². The number of halogens is 3. The molecule has 0 aliphatic carbocycles. The van der Waals surface area contributed by atoms with Crippen molar-refractivity contribution in [2.45, 2.75) is 26.4 Å². The number of hydrogen-bond donors (Lipinski definition) is 0. The summed E-state index contributed by atoms with van der Waals surface area (Å²) in [5.74, 6) is 1.62. The molecule has 0 bridgehead atoms. The Kier molecular flexibility index (Phi) is 8.11. The summed E-state index contributed by atoms with van der Waals surface area (Å²) in [6.07, 6.45) is 3.01. The zero-order valence-electron chi connectivity index (χ0n) is 19.1. The predicted molar refractivity (Wildman–Crippen MR) is 144 cm³/mol. The highest BCUT2D eigenvalue weighted by Gasteiger charge is 2.13. The maximum absolute atomic E-state index is 13.3. The van der Waals surface area contributed by atoms with Crippen LogP contribution < -0.4 is 15.0 Å². The second kappa shape index (κ2) is 11.2. The van der Waals surface area contributed by atoms with Gasteiger partial charge in [-0.15, -0.1) is 0 Å². The van der Waals surface area contributed by atoms with Crippen molar-refractivity contribution >= 4 is 56.2 Å². The first kappa shape index (κ1) is 25.2. The Labute approximate surface area is 221 Å². The third-order valence-electron chi connectivity index (χ3n) is 5.26. The number of nitrogens with zero attached hydrogens (tertiary/aromatic N) is 3. The largest absolute Gasteiger partial charge is 0.493 e. The molecule has 1 heterocycles. The predicted octanol–water partition coefficient (Wildman–Crippen LogP) is 6.89. The van der Waals surface area contributed by atoms with Crippen molar-refractivity contribution in [1.82, 2.24) is 9.66 Å². The first-order valence-corrected chi connectivity index (χ1v) is 12.5. The van der Waals surface area contributed by atoms with Crippen molar-refractivity contribution in [3.63, 3.8) is 0 Å². The smallest absolute Gasteiger partial charge is 0.282 e. The van der Waals surface area contributed by atoms with Crippen LogP contribution in [0.15, 0.2) is 69.0 Å². The monoisotopic (exact) mass is 573 g/mol. The number of ether oxygens (including phenoxy) is 2. The summed E-state index contributed by atoms with van der Waals surface area (Å²) in [5.41, 5.74) is 1.89. The summed E-state index contributed by atoms with van der Waals surface area (Å²) in [5, 5.41) is 5.93. The van der Waals surface area contributed by atoms with Gasteiger partial charge in [-0.2, -0.15) is 9.78 Å². The van der Waals surface area contributed by atoms with Gasteiger partial charge in [-0.25, -0.2) is 4.98 Å². The van der Waals surface area contributed by atoms with E-state index in [1.165, 1.54) is 4.68 Å². The molecule has 6 nitrogen and oxygen atoms in total. The quantitative estimate of drug-likeness (QED) is 0.215. The second-order valence-corrected chi connectivity index (χ2v) is 9.45. The van der Waals surface area contributed by atoms with Crippen LogP contribution in [-0.4, -0.2) is 23.0 Å². The van der Waals surface area contributed by atoms with E-state index < -0.39 is 0 Å². The fourth-order valence-corrected chi connectivity index (χ4v) is 4.24. The normalized spacial score (nSPS) is 11.3. The van der Waals surface area contributed by atoms with E-state index in [9.17, 15) is 4.79 Å². The van der Waals surface area contributed by atoms with E-state index in [1.807, 2.05) is 37.3 Å². The lowest BCUT2D eigenvalue weighted by Crippen LogP contribution is -2.22.